The Labute approximate surface area is 212 Å². The smallest absolute Gasteiger partial charge is 0.326 e. The van der Waals surface area contributed by atoms with E-state index in [4.69, 9.17) is 5.73 Å². The number of rotatable bonds is 12. The molecule has 1 aromatic carbocycles. The summed E-state index contributed by atoms with van der Waals surface area (Å²) in [6.07, 6.45) is 2.63. The van der Waals surface area contributed by atoms with Crippen LogP contribution in [0.2, 0.25) is 0 Å². The molecule has 2 heterocycles. The first-order valence-electron chi connectivity index (χ1n) is 11.7. The molecule has 2 aromatic heterocycles. The van der Waals surface area contributed by atoms with Crippen molar-refractivity contribution in [2.75, 3.05) is 12.3 Å². The number of aliphatic carboxylic acids is 1. The van der Waals surface area contributed by atoms with Crippen LogP contribution < -0.4 is 16.6 Å². The van der Waals surface area contributed by atoms with E-state index in [0.717, 1.165) is 5.56 Å². The van der Waals surface area contributed by atoms with Crippen molar-refractivity contribution in [3.8, 4) is 0 Å². The van der Waals surface area contributed by atoms with Crippen LogP contribution in [0.15, 0.2) is 35.3 Å². The van der Waals surface area contributed by atoms with Gasteiger partial charge < -0.3 is 21.3 Å². The largest absolute Gasteiger partial charge is 0.480 e. The molecule has 0 spiro atoms. The Kier molecular flexibility index (Phi) is 8.66. The number of aliphatic hydroxyl groups is 1. The second-order valence-electron chi connectivity index (χ2n) is 9.62. The highest BCUT2D eigenvalue weighted by atomic mass is 16.4. The van der Waals surface area contributed by atoms with Gasteiger partial charge in [-0.05, 0) is 42.4 Å². The normalized spacial score (nSPS) is 12.3. The molecule has 0 radical (unpaired) electrons. The highest BCUT2D eigenvalue weighted by Gasteiger charge is 2.25. The maximum Gasteiger partial charge on any atom is 0.326 e. The Bertz CT molecular complexity index is 1350. The summed E-state index contributed by atoms with van der Waals surface area (Å²) in [6, 6.07) is 5.45. The number of benzene rings is 1. The van der Waals surface area contributed by atoms with Crippen LogP contribution in [0, 0.1) is 5.41 Å². The first-order chi connectivity index (χ1) is 17.5. The number of ketones is 1. The second-order valence-corrected chi connectivity index (χ2v) is 9.62. The van der Waals surface area contributed by atoms with Crippen molar-refractivity contribution in [1.82, 2.24) is 25.3 Å². The summed E-state index contributed by atoms with van der Waals surface area (Å²) < 4.78 is 0. The first-order valence-corrected chi connectivity index (χ1v) is 11.7. The molecule has 0 aliphatic heterocycles. The number of carboxylic acid groups (broad SMARTS) is 1. The number of aryl methyl sites for hydroxylation is 2. The van der Waals surface area contributed by atoms with Gasteiger partial charge in [-0.3, -0.25) is 19.4 Å². The molecule has 3 rings (SSSR count). The van der Waals surface area contributed by atoms with E-state index in [1.165, 1.54) is 6.20 Å². The average molecular weight is 511 g/mol. The van der Waals surface area contributed by atoms with Gasteiger partial charge in [0.15, 0.2) is 11.2 Å². The van der Waals surface area contributed by atoms with E-state index in [9.17, 15) is 29.4 Å². The Hall–Kier alpha value is -4.19. The molecule has 0 saturated carbocycles. The molecule has 196 valence electrons. The van der Waals surface area contributed by atoms with Gasteiger partial charge in [0, 0.05) is 25.0 Å². The number of aromatic amines is 1. The van der Waals surface area contributed by atoms with Crippen LogP contribution in [-0.4, -0.2) is 60.5 Å². The summed E-state index contributed by atoms with van der Waals surface area (Å²) in [4.78, 5) is 63.1. The van der Waals surface area contributed by atoms with Crippen molar-refractivity contribution in [3.05, 3.63) is 57.6 Å². The maximum absolute atomic E-state index is 12.6. The molecule has 1 amide bonds. The van der Waals surface area contributed by atoms with E-state index < -0.39 is 28.9 Å². The van der Waals surface area contributed by atoms with E-state index in [-0.39, 0.29) is 54.3 Å². The van der Waals surface area contributed by atoms with E-state index in [1.54, 1.807) is 38.1 Å². The Balaban J connectivity index is 1.56. The topological polar surface area (TPSA) is 201 Å². The monoisotopic (exact) mass is 510 g/mol. The van der Waals surface area contributed by atoms with Crippen LogP contribution in [0.1, 0.15) is 54.7 Å². The van der Waals surface area contributed by atoms with Crippen molar-refractivity contribution in [3.63, 3.8) is 0 Å². The summed E-state index contributed by atoms with van der Waals surface area (Å²) in [5.74, 6) is -2.00. The Morgan fingerprint density at radius 2 is 1.84 bits per heavy atom. The molecule has 1 unspecified atom stereocenters. The van der Waals surface area contributed by atoms with Crippen LogP contribution in [0.25, 0.3) is 11.2 Å². The van der Waals surface area contributed by atoms with Gasteiger partial charge in [-0.25, -0.2) is 14.8 Å². The second kappa shape index (κ2) is 11.7. The number of anilines is 1. The lowest BCUT2D eigenvalue weighted by Crippen LogP contribution is -2.41. The quantitative estimate of drug-likeness (QED) is 0.234. The van der Waals surface area contributed by atoms with Crippen LogP contribution in [0.4, 0.5) is 5.95 Å². The minimum Gasteiger partial charge on any atom is -0.480 e. The fourth-order valence-electron chi connectivity index (χ4n) is 3.67. The first kappa shape index (κ1) is 27.4. The fourth-order valence-corrected chi connectivity index (χ4v) is 3.67. The molecule has 0 aliphatic rings. The molecule has 0 bridgehead atoms. The van der Waals surface area contributed by atoms with Gasteiger partial charge in [0.25, 0.3) is 11.5 Å². The van der Waals surface area contributed by atoms with E-state index in [0.29, 0.717) is 18.5 Å². The molecule has 12 nitrogen and oxygen atoms in total. The predicted octanol–water partition coefficient (Wildman–Crippen LogP) is 1.02. The summed E-state index contributed by atoms with van der Waals surface area (Å²) >= 11 is 0. The number of hydrogen-bond donors (Lipinski definition) is 5. The number of hydrogen-bond acceptors (Lipinski definition) is 9. The zero-order chi connectivity index (χ0) is 27.2. The zero-order valence-corrected chi connectivity index (χ0v) is 20.7. The standard InChI is InChI=1S/C25H30N6O6/c1-25(2,13-32)11-17(33)9-10-18(23(36)37)29-21(34)15-6-3-14(4-7-15)5-8-16-12-27-20-19(28-16)22(35)31-24(26)30-20/h3-4,6-7,12,18,32H,5,8-11,13H2,1-2H3,(H,29,34)(H,36,37)(H3,26,27,30,31,35). The highest BCUT2D eigenvalue weighted by Crippen LogP contribution is 2.21. The number of carbonyl (C=O) groups is 3. The number of aliphatic hydroxyl groups excluding tert-OH is 1. The van der Waals surface area contributed by atoms with Crippen molar-refractivity contribution < 1.29 is 24.6 Å². The van der Waals surface area contributed by atoms with Crippen LogP contribution in [0.3, 0.4) is 0 Å². The summed E-state index contributed by atoms with van der Waals surface area (Å²) in [5.41, 5.74) is 6.50. The molecular weight excluding hydrogens is 480 g/mol. The third-order valence-electron chi connectivity index (χ3n) is 5.79. The lowest BCUT2D eigenvalue weighted by molar-refractivity contribution is -0.139. The van der Waals surface area contributed by atoms with Crippen LogP contribution >= 0.6 is 0 Å². The van der Waals surface area contributed by atoms with Crippen molar-refractivity contribution in [2.24, 2.45) is 5.41 Å². The molecule has 37 heavy (non-hydrogen) atoms. The van der Waals surface area contributed by atoms with Crippen LogP contribution in [0.5, 0.6) is 0 Å². The molecule has 0 fully saturated rings. The van der Waals surface area contributed by atoms with E-state index in [2.05, 4.69) is 25.3 Å². The lowest BCUT2D eigenvalue weighted by atomic mass is 9.87. The van der Waals surface area contributed by atoms with Crippen molar-refractivity contribution in [1.29, 1.82) is 0 Å². The number of nitrogen functional groups attached to an aromatic ring is 1. The van der Waals surface area contributed by atoms with Gasteiger partial charge in [-0.1, -0.05) is 26.0 Å². The van der Waals surface area contributed by atoms with Gasteiger partial charge >= 0.3 is 5.97 Å². The van der Waals surface area contributed by atoms with Crippen molar-refractivity contribution >= 4 is 34.8 Å². The van der Waals surface area contributed by atoms with E-state index >= 15 is 0 Å². The number of Topliss-reactive ketones (excluding diaryl/α,β-unsaturated/α-hetero) is 1. The van der Waals surface area contributed by atoms with Crippen molar-refractivity contribution in [2.45, 2.75) is 52.0 Å². The van der Waals surface area contributed by atoms with Gasteiger partial charge in [0.2, 0.25) is 5.95 Å². The minimum atomic E-state index is -1.23. The number of nitrogens with zero attached hydrogens (tertiary/aromatic N) is 3. The van der Waals surface area contributed by atoms with Gasteiger partial charge in [0.05, 0.1) is 11.9 Å². The number of carboxylic acids is 1. The third-order valence-corrected chi connectivity index (χ3v) is 5.79. The molecule has 3 aromatic rings. The summed E-state index contributed by atoms with van der Waals surface area (Å²) in [7, 11) is 0. The van der Waals surface area contributed by atoms with Gasteiger partial charge in [-0.2, -0.15) is 4.98 Å². The lowest BCUT2D eigenvalue weighted by Gasteiger charge is -2.21. The number of nitrogens with one attached hydrogen (secondary N) is 2. The van der Waals surface area contributed by atoms with E-state index in [1.807, 2.05) is 0 Å². The number of H-pyrrole nitrogens is 1. The molecular formula is C25H30N6O6. The highest BCUT2D eigenvalue weighted by molar-refractivity contribution is 5.96. The molecule has 0 aliphatic carbocycles. The Morgan fingerprint density at radius 1 is 1.14 bits per heavy atom. The molecule has 1 atom stereocenters. The number of carbonyl (C=O) groups excluding carboxylic acids is 2. The predicted molar refractivity (Wildman–Crippen MR) is 135 cm³/mol. The summed E-state index contributed by atoms with van der Waals surface area (Å²) in [5, 5.41) is 21.2. The Morgan fingerprint density at radius 3 is 2.49 bits per heavy atom. The van der Waals surface area contributed by atoms with Crippen LogP contribution in [-0.2, 0) is 22.4 Å². The number of fused-ring (bicyclic) bond motifs is 1. The number of aromatic nitrogens is 4. The maximum atomic E-state index is 12.6. The fraction of sp³-hybridized carbons (Fsp3) is 0.400. The van der Waals surface area contributed by atoms with Gasteiger partial charge in [-0.15, -0.1) is 0 Å². The molecule has 6 N–H and O–H groups in total. The summed E-state index contributed by atoms with van der Waals surface area (Å²) in [6.45, 7) is 3.33. The number of nitrogens with two attached hydrogens (primary N) is 1. The minimum absolute atomic E-state index is 0.0212. The average Bonchev–Trinajstić information content (AvgIpc) is 2.85. The SMILES string of the molecule is CC(C)(CO)CC(=O)CCC(NC(=O)c1ccc(CCc2cnc3nc(N)[nH]c(=O)c3n2)cc1)C(=O)O. The molecule has 0 saturated heterocycles. The molecule has 12 heteroatoms. The zero-order valence-electron chi connectivity index (χ0n) is 20.7. The van der Waals surface area contributed by atoms with Gasteiger partial charge in [0.1, 0.15) is 11.8 Å². The number of amides is 1. The third kappa shape index (κ3) is 7.64.